The third kappa shape index (κ3) is 4.23. The average molecular weight is 415 g/mol. The fourth-order valence-electron chi connectivity index (χ4n) is 2.92. The summed E-state index contributed by atoms with van der Waals surface area (Å²) in [4.78, 5) is 13.5. The van der Waals surface area contributed by atoms with Gasteiger partial charge in [0.15, 0.2) is 5.11 Å². The van der Waals surface area contributed by atoms with Crippen molar-refractivity contribution in [3.05, 3.63) is 58.2 Å². The molecule has 0 aliphatic carbocycles. The third-order valence-corrected chi connectivity index (χ3v) is 5.62. The number of nitrogens with one attached hydrogen (secondary N) is 2. The van der Waals surface area contributed by atoms with Gasteiger partial charge in [-0.1, -0.05) is 30.3 Å². The maximum Gasteiger partial charge on any atom is 0.341 e. The number of ether oxygens (including phenoxy) is 1. The van der Waals surface area contributed by atoms with Gasteiger partial charge in [0.05, 0.1) is 19.3 Å². The molecule has 0 spiro atoms. The van der Waals surface area contributed by atoms with Gasteiger partial charge in [0.25, 0.3) is 0 Å². The Hall–Kier alpha value is -2.71. The van der Waals surface area contributed by atoms with Gasteiger partial charge in [-0.2, -0.15) is 5.10 Å². The van der Waals surface area contributed by atoms with Gasteiger partial charge in [0.2, 0.25) is 0 Å². The lowest BCUT2D eigenvalue weighted by Crippen LogP contribution is -2.28. The van der Waals surface area contributed by atoms with Crippen molar-refractivity contribution in [2.24, 2.45) is 7.05 Å². The van der Waals surface area contributed by atoms with Gasteiger partial charge in [-0.05, 0) is 37.7 Å². The number of carbonyl (C=O) groups excluding carboxylic acids is 1. The number of aromatic nitrogens is 2. The number of thiophene rings is 1. The van der Waals surface area contributed by atoms with E-state index in [1.807, 2.05) is 62.0 Å². The van der Waals surface area contributed by atoms with Crippen molar-refractivity contribution in [3.63, 3.8) is 0 Å². The summed E-state index contributed by atoms with van der Waals surface area (Å²) in [5.74, 6) is -0.395. The molecule has 3 aromatic rings. The van der Waals surface area contributed by atoms with Crippen molar-refractivity contribution in [1.29, 1.82) is 0 Å². The van der Waals surface area contributed by atoms with Crippen LogP contribution in [-0.4, -0.2) is 28.0 Å². The Balaban J connectivity index is 1.83. The Morgan fingerprint density at radius 1 is 1.29 bits per heavy atom. The van der Waals surface area contributed by atoms with E-state index < -0.39 is 5.97 Å². The smallest absolute Gasteiger partial charge is 0.341 e. The van der Waals surface area contributed by atoms with E-state index in [1.54, 1.807) is 0 Å². The van der Waals surface area contributed by atoms with Gasteiger partial charge in [0.1, 0.15) is 10.6 Å². The van der Waals surface area contributed by atoms with Crippen molar-refractivity contribution in [3.8, 4) is 11.1 Å². The van der Waals surface area contributed by atoms with Crippen LogP contribution in [0.2, 0.25) is 0 Å². The molecule has 8 heteroatoms. The number of thiocarbonyl (C=S) groups is 1. The highest BCUT2D eigenvalue weighted by molar-refractivity contribution is 7.80. The summed E-state index contributed by atoms with van der Waals surface area (Å²) in [5.41, 5.74) is 4.29. The standard InChI is InChI=1S/C20H22N4O2S2/c1-12-10-15(23-24(12)3)11-21-20(27)22-18-17(19(25)26-4)16(13(2)28-18)14-8-6-5-7-9-14/h5-10H,11H2,1-4H3,(H2,21,22,27). The summed E-state index contributed by atoms with van der Waals surface area (Å²) in [5, 5.41) is 11.8. The molecule has 0 aliphatic heterocycles. The molecule has 2 N–H and O–H groups in total. The van der Waals surface area contributed by atoms with Crippen LogP contribution in [0.25, 0.3) is 11.1 Å². The molecule has 0 amide bonds. The fraction of sp³-hybridized carbons (Fsp3) is 0.250. The molecule has 0 saturated heterocycles. The van der Waals surface area contributed by atoms with Gasteiger partial charge >= 0.3 is 5.97 Å². The highest BCUT2D eigenvalue weighted by Crippen LogP contribution is 2.40. The minimum atomic E-state index is -0.395. The molecule has 0 aliphatic rings. The Labute approximate surface area is 173 Å². The van der Waals surface area contributed by atoms with Crippen LogP contribution in [0, 0.1) is 13.8 Å². The summed E-state index contributed by atoms with van der Waals surface area (Å²) < 4.78 is 6.85. The Morgan fingerprint density at radius 3 is 2.61 bits per heavy atom. The lowest BCUT2D eigenvalue weighted by Gasteiger charge is -2.10. The zero-order chi connectivity index (χ0) is 20.3. The number of anilines is 1. The van der Waals surface area contributed by atoms with Crippen LogP contribution in [0.4, 0.5) is 5.00 Å². The number of esters is 1. The number of hydrogen-bond donors (Lipinski definition) is 2. The van der Waals surface area contributed by atoms with Crippen LogP contribution in [0.5, 0.6) is 0 Å². The van der Waals surface area contributed by atoms with Crippen molar-refractivity contribution in [2.45, 2.75) is 20.4 Å². The molecule has 1 aromatic carbocycles. The van der Waals surface area contributed by atoms with E-state index in [9.17, 15) is 4.79 Å². The van der Waals surface area contributed by atoms with Crippen molar-refractivity contribution in [1.82, 2.24) is 15.1 Å². The Morgan fingerprint density at radius 2 is 2.00 bits per heavy atom. The normalized spacial score (nSPS) is 10.6. The topological polar surface area (TPSA) is 68.2 Å². The molecule has 6 nitrogen and oxygen atoms in total. The second-order valence-electron chi connectivity index (χ2n) is 6.30. The molecule has 0 radical (unpaired) electrons. The third-order valence-electron chi connectivity index (χ3n) is 4.36. The largest absolute Gasteiger partial charge is 0.465 e. The van der Waals surface area contributed by atoms with Crippen molar-refractivity contribution in [2.75, 3.05) is 12.4 Å². The molecule has 146 valence electrons. The van der Waals surface area contributed by atoms with E-state index in [0.717, 1.165) is 27.4 Å². The Kier molecular flexibility index (Phi) is 6.11. The number of benzene rings is 1. The SMILES string of the molecule is COC(=O)c1c(NC(=S)NCc2cc(C)n(C)n2)sc(C)c1-c1ccccc1. The highest BCUT2D eigenvalue weighted by Gasteiger charge is 2.24. The van der Waals surface area contributed by atoms with Crippen LogP contribution < -0.4 is 10.6 Å². The highest BCUT2D eigenvalue weighted by atomic mass is 32.1. The number of methoxy groups -OCH3 is 1. The van der Waals surface area contributed by atoms with Gasteiger partial charge in [0, 0.05) is 23.2 Å². The van der Waals surface area contributed by atoms with Gasteiger partial charge in [-0.25, -0.2) is 4.79 Å². The van der Waals surface area contributed by atoms with E-state index in [1.165, 1.54) is 18.4 Å². The van der Waals surface area contributed by atoms with E-state index in [2.05, 4.69) is 15.7 Å². The van der Waals surface area contributed by atoms with Gasteiger partial charge in [-0.15, -0.1) is 11.3 Å². The summed E-state index contributed by atoms with van der Waals surface area (Å²) in [6.45, 7) is 4.48. The maximum atomic E-state index is 12.5. The quantitative estimate of drug-likeness (QED) is 0.485. The number of rotatable bonds is 5. The zero-order valence-corrected chi connectivity index (χ0v) is 17.8. The number of aryl methyl sites for hydroxylation is 3. The van der Waals surface area contributed by atoms with Crippen LogP contribution >= 0.6 is 23.6 Å². The van der Waals surface area contributed by atoms with Crippen LogP contribution in [0.15, 0.2) is 36.4 Å². The minimum absolute atomic E-state index is 0.395. The number of hydrogen-bond acceptors (Lipinski definition) is 5. The van der Waals surface area contributed by atoms with Gasteiger partial charge in [-0.3, -0.25) is 4.68 Å². The van der Waals surface area contributed by atoms with Crippen molar-refractivity contribution >= 4 is 39.6 Å². The number of nitrogens with zero attached hydrogens (tertiary/aromatic N) is 2. The first-order chi connectivity index (χ1) is 13.4. The van der Waals surface area contributed by atoms with E-state index >= 15 is 0 Å². The average Bonchev–Trinajstić information content (AvgIpc) is 3.18. The second-order valence-corrected chi connectivity index (χ2v) is 7.94. The van der Waals surface area contributed by atoms with Crippen LogP contribution in [0.3, 0.4) is 0 Å². The predicted octanol–water partition coefficient (Wildman–Crippen LogP) is 4.04. The molecule has 0 bridgehead atoms. The Bertz CT molecular complexity index is 989. The summed E-state index contributed by atoms with van der Waals surface area (Å²) >= 11 is 6.90. The molecular weight excluding hydrogens is 392 g/mol. The molecule has 0 saturated carbocycles. The molecule has 2 heterocycles. The van der Waals surface area contributed by atoms with E-state index in [4.69, 9.17) is 17.0 Å². The molecule has 0 fully saturated rings. The van der Waals surface area contributed by atoms with Crippen molar-refractivity contribution < 1.29 is 9.53 Å². The lowest BCUT2D eigenvalue weighted by atomic mass is 10.0. The summed E-state index contributed by atoms with van der Waals surface area (Å²) in [7, 11) is 3.28. The summed E-state index contributed by atoms with van der Waals surface area (Å²) in [6.07, 6.45) is 0. The summed E-state index contributed by atoms with van der Waals surface area (Å²) in [6, 6.07) is 11.8. The second kappa shape index (κ2) is 8.53. The molecular formula is C20H22N4O2S2. The van der Waals surface area contributed by atoms with Gasteiger partial charge < -0.3 is 15.4 Å². The predicted molar refractivity (Wildman–Crippen MR) is 117 cm³/mol. The monoisotopic (exact) mass is 414 g/mol. The van der Waals surface area contributed by atoms with Crippen LogP contribution in [-0.2, 0) is 18.3 Å². The van der Waals surface area contributed by atoms with E-state index in [-0.39, 0.29) is 0 Å². The first-order valence-corrected chi connectivity index (χ1v) is 9.94. The maximum absolute atomic E-state index is 12.5. The minimum Gasteiger partial charge on any atom is -0.465 e. The fourth-order valence-corrected chi connectivity index (χ4v) is 4.23. The lowest BCUT2D eigenvalue weighted by molar-refractivity contribution is 0.0603. The first kappa shape index (κ1) is 20.0. The first-order valence-electron chi connectivity index (χ1n) is 8.72. The molecule has 2 aromatic heterocycles. The molecule has 0 unspecified atom stereocenters. The number of carbonyl (C=O) groups is 1. The molecule has 3 rings (SSSR count). The molecule has 0 atom stereocenters. The molecule has 28 heavy (non-hydrogen) atoms. The van der Waals surface area contributed by atoms with E-state index in [0.29, 0.717) is 22.2 Å². The van der Waals surface area contributed by atoms with Crippen LogP contribution in [0.1, 0.15) is 26.6 Å². The zero-order valence-electron chi connectivity index (χ0n) is 16.2.